The minimum atomic E-state index is -3.97. The number of nitriles is 1. The number of nitro groups is 1. The summed E-state index contributed by atoms with van der Waals surface area (Å²) < 4.78 is 25.5. The van der Waals surface area contributed by atoms with Gasteiger partial charge in [0.2, 0.25) is 10.0 Å². The Balaban J connectivity index is 3.27. The Hall–Kier alpha value is -2.18. The van der Waals surface area contributed by atoms with Gasteiger partial charge >= 0.3 is 5.69 Å². The largest absolute Gasteiger partial charge is 0.502 e. The molecule has 0 aliphatic carbocycles. The van der Waals surface area contributed by atoms with Crippen LogP contribution >= 0.6 is 0 Å². The Kier molecular flexibility index (Phi) is 4.65. The second-order valence-corrected chi connectivity index (χ2v) is 6.14. The zero-order chi connectivity index (χ0) is 15.5. The molecule has 1 unspecified atom stereocenters. The zero-order valence-electron chi connectivity index (χ0n) is 10.8. The third kappa shape index (κ3) is 3.04. The first-order valence-corrected chi connectivity index (χ1v) is 6.98. The molecule has 0 fully saturated rings. The van der Waals surface area contributed by atoms with E-state index in [9.17, 15) is 23.6 Å². The van der Waals surface area contributed by atoms with Crippen LogP contribution in [0.2, 0.25) is 0 Å². The SMILES string of the molecule is CC(CC#N)N(C)S(=O)(=O)c1ccc(O)c([N+](=O)[O-])c1. The molecule has 0 heterocycles. The van der Waals surface area contributed by atoms with Crippen molar-refractivity contribution in [2.24, 2.45) is 0 Å². The molecule has 0 aromatic heterocycles. The highest BCUT2D eigenvalue weighted by molar-refractivity contribution is 7.89. The van der Waals surface area contributed by atoms with Gasteiger partial charge in [0.1, 0.15) is 0 Å². The van der Waals surface area contributed by atoms with Crippen LogP contribution in [0.1, 0.15) is 13.3 Å². The second-order valence-electron chi connectivity index (χ2n) is 4.14. The summed E-state index contributed by atoms with van der Waals surface area (Å²) in [6, 6.07) is 4.11. The molecule has 0 saturated heterocycles. The summed E-state index contributed by atoms with van der Waals surface area (Å²) in [6.45, 7) is 1.55. The van der Waals surface area contributed by atoms with Crippen molar-refractivity contribution in [2.45, 2.75) is 24.3 Å². The summed E-state index contributed by atoms with van der Waals surface area (Å²) >= 11 is 0. The van der Waals surface area contributed by atoms with Crippen LogP contribution in [0, 0.1) is 21.4 Å². The Labute approximate surface area is 116 Å². The van der Waals surface area contributed by atoms with Crippen molar-refractivity contribution in [3.63, 3.8) is 0 Å². The summed E-state index contributed by atoms with van der Waals surface area (Å²) in [6.07, 6.45) is -0.00406. The lowest BCUT2D eigenvalue weighted by atomic mass is 10.3. The van der Waals surface area contributed by atoms with E-state index in [1.54, 1.807) is 6.92 Å². The van der Waals surface area contributed by atoms with Gasteiger partial charge in [-0.15, -0.1) is 0 Å². The maximum Gasteiger partial charge on any atom is 0.312 e. The third-order valence-electron chi connectivity index (χ3n) is 2.83. The summed E-state index contributed by atoms with van der Waals surface area (Å²) in [5.74, 6) is -0.610. The Morgan fingerprint density at radius 2 is 2.15 bits per heavy atom. The average molecular weight is 299 g/mol. The first-order chi connectivity index (χ1) is 9.21. The Morgan fingerprint density at radius 3 is 2.65 bits per heavy atom. The van der Waals surface area contributed by atoms with Crippen molar-refractivity contribution in [3.05, 3.63) is 28.3 Å². The monoisotopic (exact) mass is 299 g/mol. The van der Waals surface area contributed by atoms with Gasteiger partial charge in [0.25, 0.3) is 0 Å². The standard InChI is InChI=1S/C11H13N3O5S/c1-8(5-6-12)13(2)20(18,19)9-3-4-11(15)10(7-9)14(16)17/h3-4,7-8,15H,5H2,1-2H3. The molecule has 0 saturated carbocycles. The van der Waals surface area contributed by atoms with Gasteiger partial charge in [0, 0.05) is 19.2 Å². The highest BCUT2D eigenvalue weighted by Gasteiger charge is 2.27. The zero-order valence-corrected chi connectivity index (χ0v) is 11.7. The quantitative estimate of drug-likeness (QED) is 0.643. The number of phenolic OH excluding ortho intramolecular Hbond substituents is 1. The fourth-order valence-electron chi connectivity index (χ4n) is 1.47. The minimum absolute atomic E-state index is 0.00406. The molecule has 0 amide bonds. The molecule has 0 bridgehead atoms. The summed E-state index contributed by atoms with van der Waals surface area (Å²) in [4.78, 5) is 9.52. The van der Waals surface area contributed by atoms with E-state index in [1.807, 2.05) is 6.07 Å². The van der Waals surface area contributed by atoms with E-state index in [1.165, 1.54) is 7.05 Å². The molecule has 8 nitrogen and oxygen atoms in total. The lowest BCUT2D eigenvalue weighted by molar-refractivity contribution is -0.386. The summed E-state index contributed by atoms with van der Waals surface area (Å²) in [7, 11) is -2.68. The van der Waals surface area contributed by atoms with Crippen LogP contribution in [-0.2, 0) is 10.0 Å². The number of phenols is 1. The van der Waals surface area contributed by atoms with Gasteiger partial charge in [-0.25, -0.2) is 8.42 Å². The molecular weight excluding hydrogens is 286 g/mol. The number of benzene rings is 1. The van der Waals surface area contributed by atoms with E-state index in [-0.39, 0.29) is 11.3 Å². The van der Waals surface area contributed by atoms with Crippen molar-refractivity contribution in [1.82, 2.24) is 4.31 Å². The van der Waals surface area contributed by atoms with Gasteiger partial charge in [0.15, 0.2) is 5.75 Å². The van der Waals surface area contributed by atoms with E-state index in [0.717, 1.165) is 22.5 Å². The van der Waals surface area contributed by atoms with E-state index < -0.39 is 32.4 Å². The molecule has 0 aliphatic heterocycles. The highest BCUT2D eigenvalue weighted by Crippen LogP contribution is 2.29. The van der Waals surface area contributed by atoms with E-state index >= 15 is 0 Å². The van der Waals surface area contributed by atoms with Crippen molar-refractivity contribution in [2.75, 3.05) is 7.05 Å². The normalized spacial score (nSPS) is 12.9. The van der Waals surface area contributed by atoms with Crippen LogP contribution in [0.3, 0.4) is 0 Å². The fourth-order valence-corrected chi connectivity index (χ4v) is 2.86. The molecule has 9 heteroatoms. The van der Waals surface area contributed by atoms with E-state index in [2.05, 4.69) is 0 Å². The smallest absolute Gasteiger partial charge is 0.312 e. The number of sulfonamides is 1. The number of nitro benzene ring substituents is 1. The van der Waals surface area contributed by atoms with Crippen LogP contribution in [0.15, 0.2) is 23.1 Å². The van der Waals surface area contributed by atoms with Gasteiger partial charge < -0.3 is 5.11 Å². The number of rotatable bonds is 5. The second kappa shape index (κ2) is 5.85. The van der Waals surface area contributed by atoms with Crippen LogP contribution in [0.4, 0.5) is 5.69 Å². The van der Waals surface area contributed by atoms with Crippen LogP contribution in [0.5, 0.6) is 5.75 Å². The predicted molar refractivity (Wildman–Crippen MR) is 69.4 cm³/mol. The maximum atomic E-state index is 12.2. The van der Waals surface area contributed by atoms with Gasteiger partial charge in [-0.2, -0.15) is 9.57 Å². The van der Waals surface area contributed by atoms with Crippen molar-refractivity contribution >= 4 is 15.7 Å². The summed E-state index contributed by atoms with van der Waals surface area (Å²) in [5.41, 5.74) is -0.688. The molecule has 0 spiro atoms. The first-order valence-electron chi connectivity index (χ1n) is 5.54. The van der Waals surface area contributed by atoms with Crippen molar-refractivity contribution < 1.29 is 18.4 Å². The van der Waals surface area contributed by atoms with Crippen molar-refractivity contribution in [1.29, 1.82) is 5.26 Å². The minimum Gasteiger partial charge on any atom is -0.502 e. The molecule has 1 atom stereocenters. The topological polar surface area (TPSA) is 125 Å². The van der Waals surface area contributed by atoms with E-state index in [0.29, 0.717) is 0 Å². The Morgan fingerprint density at radius 1 is 1.55 bits per heavy atom. The van der Waals surface area contributed by atoms with Gasteiger partial charge in [0.05, 0.1) is 22.3 Å². The lowest BCUT2D eigenvalue weighted by Crippen LogP contribution is -2.34. The van der Waals surface area contributed by atoms with Crippen LogP contribution in [0.25, 0.3) is 0 Å². The van der Waals surface area contributed by atoms with Crippen LogP contribution in [-0.4, -0.2) is 35.8 Å². The maximum absolute atomic E-state index is 12.2. The highest BCUT2D eigenvalue weighted by atomic mass is 32.2. The Bertz CT molecular complexity index is 665. The molecule has 0 radical (unpaired) electrons. The first kappa shape index (κ1) is 15.9. The van der Waals surface area contributed by atoms with Crippen LogP contribution < -0.4 is 0 Å². The molecule has 1 aromatic rings. The number of hydrogen-bond acceptors (Lipinski definition) is 6. The molecule has 1 N–H and O–H groups in total. The van der Waals surface area contributed by atoms with Gasteiger partial charge in [-0.3, -0.25) is 10.1 Å². The molecule has 20 heavy (non-hydrogen) atoms. The molecule has 1 aromatic carbocycles. The molecule has 108 valence electrons. The van der Waals surface area contributed by atoms with Crippen molar-refractivity contribution in [3.8, 4) is 11.8 Å². The molecule has 0 aliphatic rings. The molecular formula is C11H13N3O5S. The number of aromatic hydroxyl groups is 1. The number of hydrogen-bond donors (Lipinski definition) is 1. The van der Waals surface area contributed by atoms with Gasteiger partial charge in [-0.1, -0.05) is 0 Å². The summed E-state index contributed by atoms with van der Waals surface area (Å²) in [5, 5.41) is 28.6. The molecule has 1 rings (SSSR count). The fraction of sp³-hybridized carbons (Fsp3) is 0.364. The van der Waals surface area contributed by atoms with E-state index in [4.69, 9.17) is 5.26 Å². The lowest BCUT2D eigenvalue weighted by Gasteiger charge is -2.22. The predicted octanol–water partition coefficient (Wildman–Crippen LogP) is 1.22. The average Bonchev–Trinajstić information content (AvgIpc) is 2.37. The number of nitrogens with zero attached hydrogens (tertiary/aromatic N) is 3. The van der Waals surface area contributed by atoms with Gasteiger partial charge in [-0.05, 0) is 19.1 Å². The third-order valence-corrected chi connectivity index (χ3v) is 4.80.